The molecule has 5 atom stereocenters. The van der Waals surface area contributed by atoms with Gasteiger partial charge in [0.25, 0.3) is 0 Å². The van der Waals surface area contributed by atoms with Gasteiger partial charge in [0.1, 0.15) is 17.1 Å². The minimum Gasteiger partial charge on any atom is -0.496 e. The Balaban J connectivity index is 0.000000473. The first-order chi connectivity index (χ1) is 22.9. The van der Waals surface area contributed by atoms with E-state index in [9.17, 15) is 27.9 Å². The van der Waals surface area contributed by atoms with Gasteiger partial charge in [0.05, 0.1) is 24.7 Å². The third-order valence-electron chi connectivity index (χ3n) is 11.4. The number of carbonyl (C=O) groups excluding carboxylic acids is 1. The molecule has 8 rings (SSSR count). The third-order valence-corrected chi connectivity index (χ3v) is 11.4. The van der Waals surface area contributed by atoms with E-state index in [0.29, 0.717) is 18.8 Å². The number of carboxylic acids is 1. The summed E-state index contributed by atoms with van der Waals surface area (Å²) >= 11 is 0. The summed E-state index contributed by atoms with van der Waals surface area (Å²) in [4.78, 5) is 41.4. The lowest BCUT2D eigenvalue weighted by Gasteiger charge is -2.41. The van der Waals surface area contributed by atoms with Gasteiger partial charge in [-0.3, -0.25) is 4.79 Å². The van der Waals surface area contributed by atoms with Crippen molar-refractivity contribution in [3.63, 3.8) is 0 Å². The quantitative estimate of drug-likeness (QED) is 0.453. The second-order valence-corrected chi connectivity index (χ2v) is 14.1. The topological polar surface area (TPSA) is 107 Å². The van der Waals surface area contributed by atoms with Gasteiger partial charge < -0.3 is 24.7 Å². The highest BCUT2D eigenvalue weighted by Crippen LogP contribution is 2.55. The van der Waals surface area contributed by atoms with E-state index in [2.05, 4.69) is 47.2 Å². The monoisotopic (exact) mass is 668 g/mol. The van der Waals surface area contributed by atoms with Crippen LogP contribution >= 0.6 is 0 Å². The third kappa shape index (κ3) is 5.10. The number of hydrogen-bond donors (Lipinski definition) is 2. The van der Waals surface area contributed by atoms with E-state index in [0.717, 1.165) is 64.7 Å². The van der Waals surface area contributed by atoms with Crippen LogP contribution in [0.1, 0.15) is 69.3 Å². The zero-order valence-electron chi connectivity index (χ0n) is 27.1. The lowest BCUT2D eigenvalue weighted by molar-refractivity contribution is -0.748. The molecule has 4 heterocycles. The molecular weight excluding hydrogens is 627 g/mol. The van der Waals surface area contributed by atoms with Crippen molar-refractivity contribution in [3.8, 4) is 5.75 Å². The second kappa shape index (κ2) is 11.9. The molecule has 48 heavy (non-hydrogen) atoms. The number of rotatable bonds is 3. The largest absolute Gasteiger partial charge is 0.524 e. The minimum atomic E-state index is -5.08. The fraction of sp³-hybridized carbons (Fsp3) is 0.528. The normalized spacial score (nSPS) is 30.5. The number of benzene rings is 1. The number of carboxylic acid groups (broad SMARTS) is 2. The molecule has 4 unspecified atom stereocenters. The van der Waals surface area contributed by atoms with E-state index >= 15 is 0 Å². The highest BCUT2D eigenvalue weighted by Gasteiger charge is 2.63. The Kier molecular flexibility index (Phi) is 8.10. The molecule has 7 aliphatic rings. The van der Waals surface area contributed by atoms with Crippen molar-refractivity contribution >= 4 is 29.7 Å². The van der Waals surface area contributed by atoms with Gasteiger partial charge in [-0.2, -0.15) is 22.4 Å². The number of methoxy groups -OCH3 is 1. The van der Waals surface area contributed by atoms with Crippen LogP contribution in [0.15, 0.2) is 47.2 Å². The van der Waals surface area contributed by atoms with E-state index < -0.39 is 18.2 Å². The van der Waals surface area contributed by atoms with Crippen molar-refractivity contribution in [2.24, 2.45) is 5.92 Å². The number of alkyl halides is 3. The fourth-order valence-electron chi connectivity index (χ4n) is 9.35. The molecule has 1 aromatic carbocycles. The maximum absolute atomic E-state index is 14.4. The first kappa shape index (κ1) is 32.6. The average molecular weight is 669 g/mol. The lowest BCUT2D eigenvalue weighted by Crippen LogP contribution is -2.56. The fourth-order valence-corrected chi connectivity index (χ4v) is 9.35. The summed E-state index contributed by atoms with van der Waals surface area (Å²) in [5, 5.41) is 20.4. The van der Waals surface area contributed by atoms with Crippen LogP contribution in [0.3, 0.4) is 0 Å². The molecule has 2 N–H and O–H groups in total. The summed E-state index contributed by atoms with van der Waals surface area (Å²) in [5.41, 5.74) is 5.07. The Morgan fingerprint density at radius 2 is 1.67 bits per heavy atom. The molecule has 1 aromatic rings. The highest BCUT2D eigenvalue weighted by atomic mass is 19.4. The Morgan fingerprint density at radius 3 is 2.27 bits per heavy atom. The Labute approximate surface area is 276 Å². The van der Waals surface area contributed by atoms with E-state index in [1.165, 1.54) is 37.7 Å². The van der Waals surface area contributed by atoms with Crippen LogP contribution in [-0.4, -0.2) is 94.0 Å². The summed E-state index contributed by atoms with van der Waals surface area (Å²) in [6.07, 6.45) is 11.8. The van der Waals surface area contributed by atoms with Gasteiger partial charge in [0.2, 0.25) is 5.91 Å². The molecule has 0 spiro atoms. The lowest BCUT2D eigenvalue weighted by atomic mass is 9.82. The number of carbonyl (C=O) groups is 3. The number of aliphatic carboxylic acids is 1. The van der Waals surface area contributed by atoms with E-state index in [-0.39, 0.29) is 34.4 Å². The average Bonchev–Trinajstić information content (AvgIpc) is 3.67. The van der Waals surface area contributed by atoms with Gasteiger partial charge in [-0.1, -0.05) is 31.4 Å². The molecule has 1 saturated carbocycles. The summed E-state index contributed by atoms with van der Waals surface area (Å²) in [5.74, 6) is -1.65. The van der Waals surface area contributed by atoms with Crippen molar-refractivity contribution in [1.29, 1.82) is 0 Å². The zero-order chi connectivity index (χ0) is 34.1. The van der Waals surface area contributed by atoms with Crippen molar-refractivity contribution < 1.29 is 47.0 Å². The first-order valence-corrected chi connectivity index (χ1v) is 16.8. The van der Waals surface area contributed by atoms with Crippen LogP contribution in [0.5, 0.6) is 5.75 Å². The number of quaternary nitrogens is 1. The summed E-state index contributed by atoms with van der Waals surface area (Å²) in [6.45, 7) is 1.84. The molecule has 3 fully saturated rings. The van der Waals surface area contributed by atoms with Crippen molar-refractivity contribution in [2.45, 2.75) is 88.0 Å². The summed E-state index contributed by atoms with van der Waals surface area (Å²) in [7, 11) is 3.84. The molecule has 9 nitrogen and oxygen atoms in total. The molecule has 0 radical (unpaired) electrons. The number of piperazine rings is 1. The van der Waals surface area contributed by atoms with Crippen LogP contribution in [-0.2, 0) is 9.59 Å². The predicted molar refractivity (Wildman–Crippen MR) is 170 cm³/mol. The maximum Gasteiger partial charge on any atom is 0.524 e. The van der Waals surface area contributed by atoms with Gasteiger partial charge in [-0.15, -0.1) is 0 Å². The van der Waals surface area contributed by atoms with Gasteiger partial charge in [0.15, 0.2) is 6.04 Å². The maximum atomic E-state index is 14.4. The molecule has 3 aliphatic carbocycles. The van der Waals surface area contributed by atoms with Crippen LogP contribution in [0.25, 0.3) is 11.8 Å². The molecule has 2 amide bonds. The van der Waals surface area contributed by atoms with Gasteiger partial charge in [-0.05, 0) is 80.1 Å². The number of ether oxygens (including phenoxy) is 1. The summed E-state index contributed by atoms with van der Waals surface area (Å²) in [6, 6.07) is 4.55. The number of likely N-dealkylation sites (tertiary alicyclic amines) is 1. The van der Waals surface area contributed by atoms with Crippen molar-refractivity contribution in [2.75, 3.05) is 27.2 Å². The summed E-state index contributed by atoms with van der Waals surface area (Å²) < 4.78 is 37.5. The van der Waals surface area contributed by atoms with Crippen LogP contribution < -0.4 is 15.2 Å². The van der Waals surface area contributed by atoms with Gasteiger partial charge in [0, 0.05) is 36.3 Å². The Morgan fingerprint density at radius 1 is 1.00 bits per heavy atom. The predicted octanol–water partition coefficient (Wildman–Crippen LogP) is 4.62. The SMILES string of the molecule is COc1ccc(C2CCCCC2)c2c1=C1CC3=C(C=CC[C@@H]3C(=O)N3C4CCC3CN(C)C4)[N+]1(C(=O)O)C1C=C1C=2.O=C(O)C(F)(F)F. The second-order valence-electron chi connectivity index (χ2n) is 14.1. The van der Waals surface area contributed by atoms with Crippen LogP contribution in [0.4, 0.5) is 18.0 Å². The minimum absolute atomic E-state index is 0.197. The molecule has 0 aromatic heterocycles. The van der Waals surface area contributed by atoms with Crippen LogP contribution in [0.2, 0.25) is 0 Å². The smallest absolute Gasteiger partial charge is 0.496 e. The number of hydrogen-bond acceptors (Lipinski definition) is 5. The van der Waals surface area contributed by atoms with E-state index in [1.54, 1.807) is 7.11 Å². The number of halogens is 3. The number of amides is 2. The molecule has 256 valence electrons. The first-order valence-electron chi connectivity index (χ1n) is 16.8. The van der Waals surface area contributed by atoms with Gasteiger partial charge in [-0.25, -0.2) is 4.79 Å². The highest BCUT2D eigenvalue weighted by molar-refractivity contribution is 5.86. The number of likely N-dealkylation sites (N-methyl/N-ethyl adjacent to an activating group) is 1. The van der Waals surface area contributed by atoms with Crippen molar-refractivity contribution in [1.82, 2.24) is 9.80 Å². The Hall–Kier alpha value is -3.90. The molecule has 2 bridgehead atoms. The Bertz CT molecular complexity index is 1780. The van der Waals surface area contributed by atoms with Gasteiger partial charge >= 0.3 is 18.2 Å². The molecule has 12 heteroatoms. The number of fused-ring (bicyclic) bond motifs is 7. The van der Waals surface area contributed by atoms with Crippen molar-refractivity contribution in [3.05, 3.63) is 63.2 Å². The molecule has 2 saturated heterocycles. The van der Waals surface area contributed by atoms with E-state index in [4.69, 9.17) is 14.6 Å². The van der Waals surface area contributed by atoms with Crippen LogP contribution in [0, 0.1) is 5.92 Å². The zero-order valence-corrected chi connectivity index (χ0v) is 27.1. The van der Waals surface area contributed by atoms with E-state index in [1.807, 2.05) is 6.08 Å². The standard InChI is InChI=1S/C34H39N3O4.C2HF3O2/c1-35-18-22-11-12-23(19-35)36(22)33(38)25-9-6-10-28-26(25)17-30-32-27(15-21-16-29(21)37(28,30)34(39)40)24(13-14-31(32)41-2)20-7-4-3-5-8-20;3-2(4,5)1(6)7/h6,10,13-16,20,22-23,25,29H,3-5,7-9,11-12,17-19H2,1-2H3;(H,6,7)/p+1/t22?,23?,25-,29?,37?;/m0./s1. The number of nitrogens with zero attached hydrogens (tertiary/aromatic N) is 3. The molecular formula is C36H41F3N3O6+. The molecule has 4 aliphatic heterocycles. The number of allylic oxidation sites excluding steroid dienone is 2.